The smallest absolute Gasteiger partial charge is 0.160 e. The van der Waals surface area contributed by atoms with Crippen LogP contribution in [0.15, 0.2) is 22.7 Å². The predicted molar refractivity (Wildman–Crippen MR) is 39.9 cm³/mol. The Balaban J connectivity index is 3.15. The first-order chi connectivity index (χ1) is 4.84. The normalized spacial score (nSPS) is 11.6. The quantitative estimate of drug-likeness (QED) is 0.610. The second-order valence-corrected chi connectivity index (χ2v) is 2.69. The van der Waals surface area contributed by atoms with Gasteiger partial charge in [0.15, 0.2) is 4.67 Å². The third-order valence-electron chi connectivity index (χ3n) is 1.08. The topological polar surface area (TPSA) is 47.6 Å². The Morgan fingerprint density at radius 3 is 3.10 bits per heavy atom. The summed E-state index contributed by atoms with van der Waals surface area (Å²) < 4.78 is 0.810. The molecule has 0 aliphatic rings. The summed E-state index contributed by atoms with van der Waals surface area (Å²) in [6.07, 6.45) is 0. The van der Waals surface area contributed by atoms with Crippen LogP contribution in [0.4, 0.5) is 0 Å². The van der Waals surface area contributed by atoms with Crippen molar-refractivity contribution in [2.75, 3.05) is 0 Å². The lowest BCUT2D eigenvalue weighted by atomic mass is 10.4. The van der Waals surface area contributed by atoms with E-state index < -0.39 is 0 Å². The van der Waals surface area contributed by atoms with Gasteiger partial charge < -0.3 is 4.94 Å². The second kappa shape index (κ2) is 3.34. The van der Waals surface area contributed by atoms with Crippen LogP contribution in [0.3, 0.4) is 0 Å². The van der Waals surface area contributed by atoms with E-state index >= 15 is 0 Å². The van der Waals surface area contributed by atoms with E-state index in [4.69, 9.17) is 5.90 Å². The minimum absolute atomic E-state index is 0.810. The monoisotopic (exact) mass is 156 g/mol. The molecule has 0 spiro atoms. The Kier molecular flexibility index (Phi) is 2.42. The van der Waals surface area contributed by atoms with Crippen LogP contribution >= 0.6 is 11.3 Å². The summed E-state index contributed by atoms with van der Waals surface area (Å²) in [4.78, 5) is 4.14. The SMILES string of the molecule is Cc1cccs/c1=N\ON. The fourth-order valence-electron chi connectivity index (χ4n) is 0.593. The Hall–Kier alpha value is -0.870. The first-order valence-electron chi connectivity index (χ1n) is 2.79. The predicted octanol–water partition coefficient (Wildman–Crippen LogP) is 0.763. The van der Waals surface area contributed by atoms with Gasteiger partial charge >= 0.3 is 0 Å². The summed E-state index contributed by atoms with van der Waals surface area (Å²) in [5.74, 6) is 4.77. The third-order valence-corrected chi connectivity index (χ3v) is 1.99. The molecule has 54 valence electrons. The maximum atomic E-state index is 4.77. The van der Waals surface area contributed by atoms with Crippen molar-refractivity contribution < 1.29 is 4.94 Å². The van der Waals surface area contributed by atoms with Gasteiger partial charge in [-0.2, -0.15) is 0 Å². The van der Waals surface area contributed by atoms with Crippen molar-refractivity contribution in [2.45, 2.75) is 6.92 Å². The average molecular weight is 156 g/mol. The van der Waals surface area contributed by atoms with Gasteiger partial charge in [-0.25, -0.2) is 0 Å². The van der Waals surface area contributed by atoms with Crippen molar-refractivity contribution in [1.29, 1.82) is 0 Å². The molecule has 0 bridgehead atoms. The molecule has 1 aromatic heterocycles. The molecule has 1 aromatic rings. The van der Waals surface area contributed by atoms with E-state index in [1.54, 1.807) is 0 Å². The number of aryl methyl sites for hydroxylation is 1. The van der Waals surface area contributed by atoms with Crippen molar-refractivity contribution in [3.8, 4) is 0 Å². The molecule has 0 aliphatic heterocycles. The largest absolute Gasteiger partial charge is 0.301 e. The van der Waals surface area contributed by atoms with Crippen LogP contribution in [0.2, 0.25) is 0 Å². The zero-order valence-electron chi connectivity index (χ0n) is 5.57. The Bertz CT molecular complexity index is 268. The van der Waals surface area contributed by atoms with Gasteiger partial charge in [0.05, 0.1) is 0 Å². The standard InChI is InChI=1S/C6H8N2OS/c1-5-3-2-4-10-6(5)8-9-7/h2-4H,7H2,1H3/b8-6-. The molecule has 1 heterocycles. The molecule has 0 amide bonds. The highest BCUT2D eigenvalue weighted by Crippen LogP contribution is 1.92. The summed E-state index contributed by atoms with van der Waals surface area (Å²) in [6, 6.07) is 3.91. The molecule has 0 saturated heterocycles. The van der Waals surface area contributed by atoms with Gasteiger partial charge in [0.2, 0.25) is 0 Å². The number of nitrogens with two attached hydrogens (primary N) is 1. The van der Waals surface area contributed by atoms with Gasteiger partial charge in [-0.15, -0.1) is 17.2 Å². The fourth-order valence-corrected chi connectivity index (χ4v) is 1.22. The van der Waals surface area contributed by atoms with Crippen LogP contribution in [0.5, 0.6) is 0 Å². The summed E-state index contributed by atoms with van der Waals surface area (Å²) in [6.45, 7) is 1.95. The molecule has 1 rings (SSSR count). The zero-order chi connectivity index (χ0) is 7.40. The average Bonchev–Trinajstić information content (AvgIpc) is 1.94. The highest BCUT2D eigenvalue weighted by Gasteiger charge is 1.86. The van der Waals surface area contributed by atoms with Crippen molar-refractivity contribution in [2.24, 2.45) is 11.1 Å². The summed E-state index contributed by atoms with van der Waals surface area (Å²) in [7, 11) is 0. The van der Waals surface area contributed by atoms with Crippen molar-refractivity contribution >= 4 is 11.3 Å². The van der Waals surface area contributed by atoms with Crippen LogP contribution in [0, 0.1) is 6.92 Å². The van der Waals surface area contributed by atoms with Crippen molar-refractivity contribution in [3.63, 3.8) is 0 Å². The number of hydrogen-bond acceptors (Lipinski definition) is 4. The Morgan fingerprint density at radius 2 is 2.50 bits per heavy atom. The van der Waals surface area contributed by atoms with E-state index in [9.17, 15) is 0 Å². The highest BCUT2D eigenvalue weighted by atomic mass is 32.1. The van der Waals surface area contributed by atoms with Gasteiger partial charge in [-0.1, -0.05) is 17.3 Å². The molecule has 0 unspecified atom stereocenters. The van der Waals surface area contributed by atoms with E-state index in [-0.39, 0.29) is 0 Å². The summed E-state index contributed by atoms with van der Waals surface area (Å²) in [5.41, 5.74) is 1.07. The van der Waals surface area contributed by atoms with Crippen LogP contribution in [-0.4, -0.2) is 0 Å². The van der Waals surface area contributed by atoms with Crippen molar-refractivity contribution in [1.82, 2.24) is 0 Å². The van der Waals surface area contributed by atoms with Gasteiger partial charge in [0, 0.05) is 0 Å². The van der Waals surface area contributed by atoms with Gasteiger partial charge in [-0.3, -0.25) is 0 Å². The Morgan fingerprint density at radius 1 is 1.70 bits per heavy atom. The molecular weight excluding hydrogens is 148 g/mol. The molecule has 0 radical (unpaired) electrons. The Labute approximate surface area is 62.7 Å². The lowest BCUT2D eigenvalue weighted by molar-refractivity contribution is 0.139. The minimum atomic E-state index is 0.810. The third kappa shape index (κ3) is 1.55. The van der Waals surface area contributed by atoms with E-state index in [1.165, 1.54) is 11.3 Å². The molecule has 0 atom stereocenters. The molecule has 0 aromatic carbocycles. The zero-order valence-corrected chi connectivity index (χ0v) is 6.39. The second-order valence-electron chi connectivity index (χ2n) is 1.80. The van der Waals surface area contributed by atoms with Crippen LogP contribution in [0.1, 0.15) is 5.56 Å². The minimum Gasteiger partial charge on any atom is -0.301 e. The van der Waals surface area contributed by atoms with E-state index in [1.807, 2.05) is 24.4 Å². The van der Waals surface area contributed by atoms with Gasteiger partial charge in [0.25, 0.3) is 0 Å². The molecule has 0 fully saturated rings. The number of nitrogens with zero attached hydrogens (tertiary/aromatic N) is 1. The first-order valence-corrected chi connectivity index (χ1v) is 3.67. The van der Waals surface area contributed by atoms with E-state index in [0.29, 0.717) is 0 Å². The molecule has 4 heteroatoms. The lowest BCUT2D eigenvalue weighted by Gasteiger charge is -1.88. The summed E-state index contributed by atoms with van der Waals surface area (Å²) >= 11 is 1.49. The number of hydrogen-bond donors (Lipinski definition) is 1. The van der Waals surface area contributed by atoms with Gasteiger partial charge in [0.1, 0.15) is 0 Å². The molecular formula is C6H8N2OS. The van der Waals surface area contributed by atoms with Crippen LogP contribution in [0.25, 0.3) is 0 Å². The van der Waals surface area contributed by atoms with Crippen LogP contribution < -0.4 is 10.6 Å². The highest BCUT2D eigenvalue weighted by molar-refractivity contribution is 7.07. The van der Waals surface area contributed by atoms with E-state index in [2.05, 4.69) is 10.1 Å². The van der Waals surface area contributed by atoms with Gasteiger partial charge in [-0.05, 0) is 17.9 Å². The number of rotatable bonds is 1. The first kappa shape index (κ1) is 7.24. The lowest BCUT2D eigenvalue weighted by Crippen LogP contribution is -2.04. The van der Waals surface area contributed by atoms with E-state index in [0.717, 1.165) is 10.2 Å². The maximum Gasteiger partial charge on any atom is 0.160 e. The summed E-state index contributed by atoms with van der Waals surface area (Å²) in [5, 5.41) is 5.52. The fraction of sp³-hybridized carbons (Fsp3) is 0.167. The molecule has 0 saturated carbocycles. The molecule has 2 N–H and O–H groups in total. The van der Waals surface area contributed by atoms with Crippen molar-refractivity contribution in [3.05, 3.63) is 27.7 Å². The van der Waals surface area contributed by atoms with Crippen LogP contribution in [-0.2, 0) is 4.94 Å². The molecule has 3 nitrogen and oxygen atoms in total. The molecule has 0 aliphatic carbocycles. The maximum absolute atomic E-state index is 4.77. The molecule has 10 heavy (non-hydrogen) atoms.